The number of hydrogen-bond donors (Lipinski definition) is 2. The van der Waals surface area contributed by atoms with Gasteiger partial charge in [-0.05, 0) is 17.7 Å². The molecule has 0 bridgehead atoms. The molecule has 2 aromatic carbocycles. The second-order valence-corrected chi connectivity index (χ2v) is 3.71. The van der Waals surface area contributed by atoms with Crippen molar-refractivity contribution in [1.29, 1.82) is 0 Å². The molecule has 0 saturated carbocycles. The molecule has 2 rings (SSSR count). The second kappa shape index (κ2) is 4.79. The van der Waals surface area contributed by atoms with E-state index in [0.29, 0.717) is 5.56 Å². The standard InChI is InChI=1S/C14H12O4/c1-18-11-8-7-10(9-5-3-2-4-6-9)12(13(11)15)14(16)17/h2-8,15H,1H3,(H,16,17). The summed E-state index contributed by atoms with van der Waals surface area (Å²) in [5.41, 5.74) is 1.04. The highest BCUT2D eigenvalue weighted by atomic mass is 16.5. The van der Waals surface area contributed by atoms with Crippen molar-refractivity contribution in [1.82, 2.24) is 0 Å². The van der Waals surface area contributed by atoms with Crippen LogP contribution in [0.3, 0.4) is 0 Å². The third-order valence-corrected chi connectivity index (χ3v) is 2.66. The summed E-state index contributed by atoms with van der Waals surface area (Å²) in [5, 5.41) is 19.1. The molecule has 4 nitrogen and oxygen atoms in total. The highest BCUT2D eigenvalue weighted by molar-refractivity contribution is 5.99. The molecule has 0 amide bonds. The van der Waals surface area contributed by atoms with Gasteiger partial charge < -0.3 is 14.9 Å². The van der Waals surface area contributed by atoms with Crippen molar-refractivity contribution in [3.05, 3.63) is 48.0 Å². The maximum absolute atomic E-state index is 11.3. The molecule has 0 aromatic heterocycles. The van der Waals surface area contributed by atoms with Crippen LogP contribution in [0.1, 0.15) is 10.4 Å². The van der Waals surface area contributed by atoms with Crippen molar-refractivity contribution in [3.63, 3.8) is 0 Å². The van der Waals surface area contributed by atoms with Crippen LogP contribution in [0.4, 0.5) is 0 Å². The summed E-state index contributed by atoms with van der Waals surface area (Å²) in [6.45, 7) is 0. The average Bonchev–Trinajstić information content (AvgIpc) is 2.39. The lowest BCUT2D eigenvalue weighted by Gasteiger charge is -2.11. The quantitative estimate of drug-likeness (QED) is 0.871. The van der Waals surface area contributed by atoms with Crippen molar-refractivity contribution in [2.45, 2.75) is 0 Å². The minimum Gasteiger partial charge on any atom is -0.504 e. The zero-order chi connectivity index (χ0) is 13.1. The Balaban J connectivity index is 2.69. The molecule has 2 aromatic rings. The molecule has 0 heterocycles. The van der Waals surface area contributed by atoms with Gasteiger partial charge in [-0.2, -0.15) is 0 Å². The predicted molar refractivity (Wildman–Crippen MR) is 67.1 cm³/mol. The number of carbonyl (C=O) groups is 1. The van der Waals surface area contributed by atoms with Crippen LogP contribution in [0, 0.1) is 0 Å². The monoisotopic (exact) mass is 244 g/mol. The summed E-state index contributed by atoms with van der Waals surface area (Å²) in [7, 11) is 1.38. The Morgan fingerprint density at radius 3 is 2.33 bits per heavy atom. The molecule has 18 heavy (non-hydrogen) atoms. The van der Waals surface area contributed by atoms with E-state index >= 15 is 0 Å². The molecule has 0 aliphatic rings. The van der Waals surface area contributed by atoms with E-state index in [-0.39, 0.29) is 17.1 Å². The van der Waals surface area contributed by atoms with E-state index in [0.717, 1.165) is 5.56 Å². The number of aromatic carboxylic acids is 1. The molecule has 2 N–H and O–H groups in total. The van der Waals surface area contributed by atoms with Crippen molar-refractivity contribution in [3.8, 4) is 22.6 Å². The molecule has 0 atom stereocenters. The average molecular weight is 244 g/mol. The van der Waals surface area contributed by atoms with Crippen LogP contribution in [0.15, 0.2) is 42.5 Å². The number of carboxylic acids is 1. The zero-order valence-electron chi connectivity index (χ0n) is 9.75. The van der Waals surface area contributed by atoms with E-state index in [2.05, 4.69) is 0 Å². The molecule has 0 radical (unpaired) electrons. The van der Waals surface area contributed by atoms with Gasteiger partial charge in [-0.25, -0.2) is 4.79 Å². The fourth-order valence-corrected chi connectivity index (χ4v) is 1.81. The van der Waals surface area contributed by atoms with Gasteiger partial charge in [0.1, 0.15) is 5.56 Å². The fourth-order valence-electron chi connectivity index (χ4n) is 1.81. The molecule has 0 unspecified atom stereocenters. The Morgan fingerprint density at radius 2 is 1.78 bits per heavy atom. The zero-order valence-corrected chi connectivity index (χ0v) is 9.75. The third-order valence-electron chi connectivity index (χ3n) is 2.66. The lowest BCUT2D eigenvalue weighted by molar-refractivity contribution is 0.0694. The number of ether oxygens (including phenoxy) is 1. The van der Waals surface area contributed by atoms with Crippen LogP contribution < -0.4 is 4.74 Å². The molecule has 0 spiro atoms. The number of aromatic hydroxyl groups is 1. The van der Waals surface area contributed by atoms with Gasteiger partial charge in [-0.1, -0.05) is 30.3 Å². The van der Waals surface area contributed by atoms with Crippen molar-refractivity contribution in [2.75, 3.05) is 7.11 Å². The van der Waals surface area contributed by atoms with E-state index in [9.17, 15) is 15.0 Å². The summed E-state index contributed by atoms with van der Waals surface area (Å²) in [5.74, 6) is -1.40. The summed E-state index contributed by atoms with van der Waals surface area (Å²) >= 11 is 0. The van der Waals surface area contributed by atoms with Gasteiger partial charge in [0, 0.05) is 5.56 Å². The lowest BCUT2D eigenvalue weighted by atomic mass is 9.98. The van der Waals surface area contributed by atoms with Crippen LogP contribution in [-0.4, -0.2) is 23.3 Å². The summed E-state index contributed by atoms with van der Waals surface area (Å²) < 4.78 is 4.91. The number of benzene rings is 2. The first-order valence-corrected chi connectivity index (χ1v) is 5.34. The van der Waals surface area contributed by atoms with Gasteiger partial charge in [0.05, 0.1) is 7.11 Å². The second-order valence-electron chi connectivity index (χ2n) is 3.71. The summed E-state index contributed by atoms with van der Waals surface area (Å²) in [6.07, 6.45) is 0. The van der Waals surface area contributed by atoms with Gasteiger partial charge in [-0.3, -0.25) is 0 Å². The lowest BCUT2D eigenvalue weighted by Crippen LogP contribution is -2.01. The Morgan fingerprint density at radius 1 is 1.11 bits per heavy atom. The number of rotatable bonds is 3. The number of methoxy groups -OCH3 is 1. The number of carboxylic acid groups (broad SMARTS) is 1. The molecule has 0 aliphatic heterocycles. The predicted octanol–water partition coefficient (Wildman–Crippen LogP) is 2.77. The molecule has 0 aliphatic carbocycles. The van der Waals surface area contributed by atoms with E-state index in [4.69, 9.17) is 4.74 Å². The first-order chi connectivity index (χ1) is 8.65. The summed E-state index contributed by atoms with van der Waals surface area (Å²) in [4.78, 5) is 11.3. The topological polar surface area (TPSA) is 66.8 Å². The van der Waals surface area contributed by atoms with Crippen LogP contribution in [-0.2, 0) is 0 Å². The maximum atomic E-state index is 11.3. The molecule has 92 valence electrons. The van der Waals surface area contributed by atoms with Crippen molar-refractivity contribution >= 4 is 5.97 Å². The van der Waals surface area contributed by atoms with E-state index < -0.39 is 5.97 Å². The highest BCUT2D eigenvalue weighted by Gasteiger charge is 2.20. The van der Waals surface area contributed by atoms with E-state index in [1.165, 1.54) is 7.11 Å². The molecule has 4 heteroatoms. The van der Waals surface area contributed by atoms with E-state index in [1.54, 1.807) is 24.3 Å². The molecular weight excluding hydrogens is 232 g/mol. The van der Waals surface area contributed by atoms with Gasteiger partial charge in [-0.15, -0.1) is 0 Å². The van der Waals surface area contributed by atoms with Crippen LogP contribution in [0.25, 0.3) is 11.1 Å². The Kier molecular flexibility index (Phi) is 3.19. The van der Waals surface area contributed by atoms with Gasteiger partial charge in [0.2, 0.25) is 0 Å². The number of phenols is 1. The van der Waals surface area contributed by atoms with Crippen LogP contribution in [0.5, 0.6) is 11.5 Å². The Hall–Kier alpha value is -2.49. The molecular formula is C14H12O4. The Bertz CT molecular complexity index is 576. The largest absolute Gasteiger partial charge is 0.504 e. The molecule has 0 fully saturated rings. The smallest absolute Gasteiger partial charge is 0.340 e. The van der Waals surface area contributed by atoms with Crippen LogP contribution in [0.2, 0.25) is 0 Å². The minimum absolute atomic E-state index is 0.145. The first kappa shape index (κ1) is 12.0. The highest BCUT2D eigenvalue weighted by Crippen LogP contribution is 2.37. The SMILES string of the molecule is COc1ccc(-c2ccccc2)c(C(=O)O)c1O. The molecule has 0 saturated heterocycles. The Labute approximate surface area is 104 Å². The normalized spacial score (nSPS) is 10.1. The van der Waals surface area contributed by atoms with E-state index in [1.807, 2.05) is 18.2 Å². The fraction of sp³-hybridized carbons (Fsp3) is 0.0714. The van der Waals surface area contributed by atoms with Gasteiger partial charge in [0.15, 0.2) is 11.5 Å². The first-order valence-electron chi connectivity index (χ1n) is 5.34. The third kappa shape index (κ3) is 2.00. The van der Waals surface area contributed by atoms with Crippen molar-refractivity contribution in [2.24, 2.45) is 0 Å². The maximum Gasteiger partial charge on any atom is 0.340 e. The van der Waals surface area contributed by atoms with Crippen LogP contribution >= 0.6 is 0 Å². The minimum atomic E-state index is -1.19. The van der Waals surface area contributed by atoms with Gasteiger partial charge in [0.25, 0.3) is 0 Å². The number of hydrogen-bond acceptors (Lipinski definition) is 3. The van der Waals surface area contributed by atoms with Gasteiger partial charge >= 0.3 is 5.97 Å². The summed E-state index contributed by atoms with van der Waals surface area (Å²) in [6, 6.07) is 12.2. The van der Waals surface area contributed by atoms with Crippen molar-refractivity contribution < 1.29 is 19.7 Å².